The highest BCUT2D eigenvalue weighted by molar-refractivity contribution is 7.86. The summed E-state index contributed by atoms with van der Waals surface area (Å²) in [6.07, 6.45) is 0.924. The highest BCUT2D eigenvalue weighted by atomic mass is 32.2. The highest BCUT2D eigenvalue weighted by Crippen LogP contribution is 2.12. The van der Waals surface area contributed by atoms with Gasteiger partial charge in [0, 0.05) is 40.3 Å². The van der Waals surface area contributed by atoms with E-state index in [4.69, 9.17) is 4.74 Å². The summed E-state index contributed by atoms with van der Waals surface area (Å²) < 4.78 is 32.5. The molecule has 0 spiro atoms. The molecule has 0 unspecified atom stereocenters. The van der Waals surface area contributed by atoms with Crippen LogP contribution in [0.15, 0.2) is 30.3 Å². The molecule has 7 nitrogen and oxygen atoms in total. The van der Waals surface area contributed by atoms with Crippen LogP contribution >= 0.6 is 0 Å². The normalized spacial score (nSPS) is 16.9. The first-order chi connectivity index (χ1) is 11.4. The van der Waals surface area contributed by atoms with Crippen molar-refractivity contribution in [1.29, 1.82) is 0 Å². The van der Waals surface area contributed by atoms with E-state index in [-0.39, 0.29) is 12.3 Å². The molecule has 0 N–H and O–H groups in total. The molecule has 1 heterocycles. The van der Waals surface area contributed by atoms with Gasteiger partial charge in [-0.25, -0.2) is 0 Å². The zero-order valence-electron chi connectivity index (χ0n) is 14.2. The maximum atomic E-state index is 12.3. The van der Waals surface area contributed by atoms with Gasteiger partial charge in [0.1, 0.15) is 5.75 Å². The van der Waals surface area contributed by atoms with E-state index in [1.165, 1.54) is 22.7 Å². The molecule has 0 atom stereocenters. The molecule has 0 radical (unpaired) electrons. The predicted molar refractivity (Wildman–Crippen MR) is 91.9 cm³/mol. The topological polar surface area (TPSA) is 70.2 Å². The van der Waals surface area contributed by atoms with Crippen LogP contribution < -0.4 is 4.74 Å². The first-order valence-electron chi connectivity index (χ1n) is 8.04. The van der Waals surface area contributed by atoms with E-state index in [0.717, 1.165) is 5.75 Å². The lowest BCUT2D eigenvalue weighted by Gasteiger charge is -2.24. The van der Waals surface area contributed by atoms with Gasteiger partial charge in [0.05, 0.1) is 13.0 Å². The Bertz CT molecular complexity index is 634. The summed E-state index contributed by atoms with van der Waals surface area (Å²) in [7, 11) is -0.386. The summed E-state index contributed by atoms with van der Waals surface area (Å²) in [6.45, 7) is 2.07. The van der Waals surface area contributed by atoms with Crippen molar-refractivity contribution in [1.82, 2.24) is 13.5 Å². The third kappa shape index (κ3) is 4.93. The van der Waals surface area contributed by atoms with Gasteiger partial charge in [0.2, 0.25) is 5.91 Å². The fourth-order valence-electron chi connectivity index (χ4n) is 2.54. The summed E-state index contributed by atoms with van der Waals surface area (Å²) in [5, 5.41) is 0. The number of carbonyl (C=O) groups excluding carboxylic acids is 1. The van der Waals surface area contributed by atoms with Crippen LogP contribution in [0, 0.1) is 0 Å². The standard InChI is InChI=1S/C16H25N3O4S/c1-17(2)24(21,22)19-11-6-10-18(12-13-19)16(20)9-14-23-15-7-4-3-5-8-15/h3-5,7-8H,6,9-14H2,1-2H3. The number of para-hydroxylation sites is 1. The largest absolute Gasteiger partial charge is 0.493 e. The fourth-order valence-corrected chi connectivity index (χ4v) is 3.67. The summed E-state index contributed by atoms with van der Waals surface area (Å²) in [4.78, 5) is 14.0. The van der Waals surface area contributed by atoms with Crippen LogP contribution in [0.5, 0.6) is 5.75 Å². The third-order valence-corrected chi connectivity index (χ3v) is 5.86. The highest BCUT2D eigenvalue weighted by Gasteiger charge is 2.28. The Labute approximate surface area is 144 Å². The first kappa shape index (κ1) is 18.7. The van der Waals surface area contributed by atoms with Crippen LogP contribution in [0.3, 0.4) is 0 Å². The van der Waals surface area contributed by atoms with Crippen molar-refractivity contribution in [2.45, 2.75) is 12.8 Å². The van der Waals surface area contributed by atoms with Crippen molar-refractivity contribution in [3.63, 3.8) is 0 Å². The van der Waals surface area contributed by atoms with Crippen LogP contribution in [0.2, 0.25) is 0 Å². The smallest absolute Gasteiger partial charge is 0.281 e. The van der Waals surface area contributed by atoms with E-state index in [1.807, 2.05) is 30.3 Å². The molecule has 0 bridgehead atoms. The Balaban J connectivity index is 1.81. The number of ether oxygens (including phenoxy) is 1. The zero-order valence-corrected chi connectivity index (χ0v) is 15.0. The average molecular weight is 355 g/mol. The lowest BCUT2D eigenvalue weighted by molar-refractivity contribution is -0.131. The number of carbonyl (C=O) groups is 1. The van der Waals surface area contributed by atoms with Crippen molar-refractivity contribution < 1.29 is 17.9 Å². The molecule has 0 aromatic heterocycles. The predicted octanol–water partition coefficient (Wildman–Crippen LogP) is 0.796. The van der Waals surface area contributed by atoms with Crippen molar-refractivity contribution in [2.75, 3.05) is 46.9 Å². The number of rotatable bonds is 6. The number of hydrogen-bond acceptors (Lipinski definition) is 4. The lowest BCUT2D eigenvalue weighted by Crippen LogP contribution is -2.42. The number of benzene rings is 1. The van der Waals surface area contributed by atoms with Gasteiger partial charge in [-0.3, -0.25) is 4.79 Å². The van der Waals surface area contributed by atoms with E-state index < -0.39 is 10.2 Å². The second-order valence-corrected chi connectivity index (χ2v) is 7.98. The van der Waals surface area contributed by atoms with Gasteiger partial charge in [0.15, 0.2) is 0 Å². The monoisotopic (exact) mass is 355 g/mol. The van der Waals surface area contributed by atoms with E-state index >= 15 is 0 Å². The van der Waals surface area contributed by atoms with Crippen LogP contribution in [0.4, 0.5) is 0 Å². The Hall–Kier alpha value is -1.64. The molecule has 24 heavy (non-hydrogen) atoms. The molecule has 1 aromatic rings. The quantitative estimate of drug-likeness (QED) is 0.757. The van der Waals surface area contributed by atoms with Gasteiger partial charge < -0.3 is 9.64 Å². The third-order valence-electron chi connectivity index (χ3n) is 3.92. The van der Waals surface area contributed by atoms with Gasteiger partial charge in [-0.05, 0) is 18.6 Å². The lowest BCUT2D eigenvalue weighted by atomic mass is 10.3. The summed E-state index contributed by atoms with van der Waals surface area (Å²) in [5.74, 6) is 0.736. The van der Waals surface area contributed by atoms with Crippen molar-refractivity contribution in [3.05, 3.63) is 30.3 Å². The van der Waals surface area contributed by atoms with Gasteiger partial charge >= 0.3 is 0 Å². The maximum Gasteiger partial charge on any atom is 0.281 e. The Morgan fingerprint density at radius 1 is 1.12 bits per heavy atom. The Morgan fingerprint density at radius 2 is 1.83 bits per heavy atom. The average Bonchev–Trinajstić information content (AvgIpc) is 2.82. The van der Waals surface area contributed by atoms with Crippen LogP contribution in [-0.4, -0.2) is 74.7 Å². The Kier molecular flexibility index (Phi) is 6.59. The minimum absolute atomic E-state index is 0.00460. The molecule has 1 aliphatic heterocycles. The van der Waals surface area contributed by atoms with Gasteiger partial charge in [0.25, 0.3) is 10.2 Å². The first-order valence-corrected chi connectivity index (χ1v) is 9.44. The van der Waals surface area contributed by atoms with Gasteiger partial charge in [-0.15, -0.1) is 0 Å². The molecule has 1 saturated heterocycles. The molecule has 1 aromatic carbocycles. The summed E-state index contributed by atoms with van der Waals surface area (Å²) >= 11 is 0. The summed E-state index contributed by atoms with van der Waals surface area (Å²) in [5.41, 5.74) is 0. The molecule has 0 aliphatic carbocycles. The van der Waals surface area contributed by atoms with E-state index in [9.17, 15) is 13.2 Å². The number of nitrogens with zero attached hydrogens (tertiary/aromatic N) is 3. The van der Waals surface area contributed by atoms with Crippen molar-refractivity contribution >= 4 is 16.1 Å². The second kappa shape index (κ2) is 8.46. The zero-order chi connectivity index (χ0) is 17.6. The molecule has 134 valence electrons. The van der Waals surface area contributed by atoms with E-state index in [1.54, 1.807) is 4.90 Å². The van der Waals surface area contributed by atoms with E-state index in [2.05, 4.69) is 0 Å². The number of hydrogen-bond donors (Lipinski definition) is 0. The maximum absolute atomic E-state index is 12.3. The molecular formula is C16H25N3O4S. The Morgan fingerprint density at radius 3 is 2.50 bits per heavy atom. The number of amides is 1. The SMILES string of the molecule is CN(C)S(=O)(=O)N1CCCN(C(=O)CCOc2ccccc2)CC1. The minimum Gasteiger partial charge on any atom is -0.493 e. The molecule has 1 amide bonds. The molecule has 1 fully saturated rings. The van der Waals surface area contributed by atoms with Gasteiger partial charge in [-0.1, -0.05) is 18.2 Å². The molecule has 0 saturated carbocycles. The summed E-state index contributed by atoms with van der Waals surface area (Å²) in [6, 6.07) is 9.36. The van der Waals surface area contributed by atoms with Crippen molar-refractivity contribution in [2.24, 2.45) is 0 Å². The fraction of sp³-hybridized carbons (Fsp3) is 0.562. The van der Waals surface area contributed by atoms with Crippen LogP contribution in [0.1, 0.15) is 12.8 Å². The molecule has 1 aliphatic rings. The molecular weight excluding hydrogens is 330 g/mol. The van der Waals surface area contributed by atoms with Crippen LogP contribution in [0.25, 0.3) is 0 Å². The minimum atomic E-state index is -3.42. The second-order valence-electron chi connectivity index (χ2n) is 5.84. The van der Waals surface area contributed by atoms with E-state index in [0.29, 0.717) is 39.2 Å². The molecule has 2 rings (SSSR count). The van der Waals surface area contributed by atoms with Crippen LogP contribution in [-0.2, 0) is 15.0 Å². The molecule has 8 heteroatoms. The van der Waals surface area contributed by atoms with Gasteiger partial charge in [-0.2, -0.15) is 17.0 Å². The van der Waals surface area contributed by atoms with Crippen molar-refractivity contribution in [3.8, 4) is 5.75 Å².